The third-order valence-electron chi connectivity index (χ3n) is 2.91. The second-order valence-corrected chi connectivity index (χ2v) is 4.88. The molecule has 78 valence electrons. The van der Waals surface area contributed by atoms with Gasteiger partial charge in [0.2, 0.25) is 0 Å². The zero-order valence-corrected chi connectivity index (χ0v) is 9.43. The van der Waals surface area contributed by atoms with Crippen LogP contribution in [0.4, 0.5) is 5.69 Å². The maximum Gasteiger partial charge on any atom is 0.0992 e. The van der Waals surface area contributed by atoms with Crippen LogP contribution in [0.15, 0.2) is 18.2 Å². The maximum absolute atomic E-state index is 8.69. The molecule has 1 aliphatic rings. The lowest BCUT2D eigenvalue weighted by Crippen LogP contribution is -2.11. The van der Waals surface area contributed by atoms with Gasteiger partial charge in [-0.2, -0.15) is 5.26 Å². The zero-order chi connectivity index (χ0) is 10.9. The van der Waals surface area contributed by atoms with Gasteiger partial charge in [-0.05, 0) is 36.5 Å². The third-order valence-corrected chi connectivity index (χ3v) is 3.22. The van der Waals surface area contributed by atoms with Crippen molar-refractivity contribution in [3.63, 3.8) is 0 Å². The van der Waals surface area contributed by atoms with E-state index in [1.807, 2.05) is 6.07 Å². The molecule has 2 nitrogen and oxygen atoms in total. The summed E-state index contributed by atoms with van der Waals surface area (Å²) in [5, 5.41) is 12.6. The second kappa shape index (κ2) is 3.75. The molecule has 1 fully saturated rings. The molecule has 2 rings (SSSR count). The minimum atomic E-state index is 0.456. The Morgan fingerprint density at radius 2 is 2.27 bits per heavy atom. The summed E-state index contributed by atoms with van der Waals surface area (Å²) in [6.45, 7) is 3.22. The Hall–Kier alpha value is -1.20. The van der Waals surface area contributed by atoms with E-state index in [0.717, 1.165) is 12.2 Å². The zero-order valence-electron chi connectivity index (χ0n) is 8.68. The number of hydrogen-bond acceptors (Lipinski definition) is 2. The van der Waals surface area contributed by atoms with Crippen molar-refractivity contribution in [3.05, 3.63) is 28.8 Å². The van der Waals surface area contributed by atoms with Crippen molar-refractivity contribution in [1.82, 2.24) is 0 Å². The van der Waals surface area contributed by atoms with Gasteiger partial charge in [-0.1, -0.05) is 18.5 Å². The number of nitriles is 1. The van der Waals surface area contributed by atoms with Crippen molar-refractivity contribution in [3.8, 4) is 6.07 Å². The minimum Gasteiger partial charge on any atom is -0.383 e. The number of halogens is 1. The van der Waals surface area contributed by atoms with E-state index in [1.54, 1.807) is 12.1 Å². The summed E-state index contributed by atoms with van der Waals surface area (Å²) in [5.74, 6) is 0. The lowest BCUT2D eigenvalue weighted by molar-refractivity contribution is 0.611. The van der Waals surface area contributed by atoms with Gasteiger partial charge in [0.1, 0.15) is 0 Å². The van der Waals surface area contributed by atoms with Crippen molar-refractivity contribution in [2.45, 2.75) is 19.8 Å². The second-order valence-electron chi connectivity index (χ2n) is 4.47. The molecule has 0 spiro atoms. The van der Waals surface area contributed by atoms with Crippen LogP contribution in [0.3, 0.4) is 0 Å². The Balaban J connectivity index is 2.05. The van der Waals surface area contributed by atoms with Gasteiger partial charge in [-0.25, -0.2) is 0 Å². The van der Waals surface area contributed by atoms with E-state index in [0.29, 0.717) is 16.0 Å². The summed E-state index contributed by atoms with van der Waals surface area (Å²) in [7, 11) is 0. The van der Waals surface area contributed by atoms with Gasteiger partial charge in [-0.3, -0.25) is 0 Å². The predicted octanol–water partition coefficient (Wildman–Crippen LogP) is 3.42. The number of nitrogens with zero attached hydrogens (tertiary/aromatic N) is 1. The first-order chi connectivity index (χ1) is 7.13. The van der Waals surface area contributed by atoms with Gasteiger partial charge in [-0.15, -0.1) is 0 Å². The highest BCUT2D eigenvalue weighted by Crippen LogP contribution is 2.45. The summed E-state index contributed by atoms with van der Waals surface area (Å²) in [6.07, 6.45) is 2.57. The van der Waals surface area contributed by atoms with Gasteiger partial charge < -0.3 is 5.32 Å². The fourth-order valence-corrected chi connectivity index (χ4v) is 1.67. The van der Waals surface area contributed by atoms with Crippen LogP contribution in [0, 0.1) is 16.7 Å². The number of hydrogen-bond donors (Lipinski definition) is 1. The summed E-state index contributed by atoms with van der Waals surface area (Å²) < 4.78 is 0. The Kier molecular flexibility index (Phi) is 2.58. The van der Waals surface area contributed by atoms with E-state index in [9.17, 15) is 0 Å². The molecule has 0 amide bonds. The van der Waals surface area contributed by atoms with E-state index in [2.05, 4.69) is 18.3 Å². The molecule has 0 heterocycles. The van der Waals surface area contributed by atoms with Crippen LogP contribution in [-0.2, 0) is 0 Å². The molecule has 3 heteroatoms. The molecule has 0 atom stereocenters. The largest absolute Gasteiger partial charge is 0.383 e. The molecule has 0 radical (unpaired) electrons. The number of anilines is 1. The fraction of sp³-hybridized carbons (Fsp3) is 0.417. The first kappa shape index (κ1) is 10.3. The number of nitrogens with one attached hydrogen (secondary N) is 1. The summed E-state index contributed by atoms with van der Waals surface area (Å²) >= 11 is 6.04. The van der Waals surface area contributed by atoms with E-state index in [-0.39, 0.29) is 0 Å². The summed E-state index contributed by atoms with van der Waals surface area (Å²) in [4.78, 5) is 0. The molecular formula is C12H13ClN2. The molecule has 1 N–H and O–H groups in total. The molecule has 0 unspecified atom stereocenters. The number of rotatable bonds is 3. The maximum atomic E-state index is 8.69. The van der Waals surface area contributed by atoms with E-state index in [4.69, 9.17) is 16.9 Å². The number of benzene rings is 1. The first-order valence-corrected chi connectivity index (χ1v) is 5.44. The van der Waals surface area contributed by atoms with Gasteiger partial charge in [0.15, 0.2) is 0 Å². The first-order valence-electron chi connectivity index (χ1n) is 5.06. The van der Waals surface area contributed by atoms with Crippen LogP contribution in [0.1, 0.15) is 25.3 Å². The lowest BCUT2D eigenvalue weighted by Gasteiger charge is -2.12. The fourth-order valence-electron chi connectivity index (χ4n) is 1.43. The molecule has 0 aliphatic heterocycles. The molecule has 1 aromatic rings. The Bertz CT molecular complexity index is 416. The van der Waals surface area contributed by atoms with Crippen molar-refractivity contribution in [2.75, 3.05) is 11.9 Å². The van der Waals surface area contributed by atoms with Crippen LogP contribution in [0.25, 0.3) is 0 Å². The van der Waals surface area contributed by atoms with E-state index >= 15 is 0 Å². The average molecular weight is 221 g/mol. The average Bonchev–Trinajstić information content (AvgIpc) is 2.95. The van der Waals surface area contributed by atoms with E-state index < -0.39 is 0 Å². The van der Waals surface area contributed by atoms with Gasteiger partial charge in [0.25, 0.3) is 0 Å². The highest BCUT2D eigenvalue weighted by molar-refractivity contribution is 6.33. The van der Waals surface area contributed by atoms with Crippen LogP contribution in [-0.4, -0.2) is 6.54 Å². The summed E-state index contributed by atoms with van der Waals surface area (Å²) in [6, 6.07) is 7.41. The van der Waals surface area contributed by atoms with Crippen molar-refractivity contribution in [1.29, 1.82) is 5.26 Å². The Labute approximate surface area is 94.9 Å². The van der Waals surface area contributed by atoms with Crippen LogP contribution in [0.2, 0.25) is 5.02 Å². The van der Waals surface area contributed by atoms with Crippen molar-refractivity contribution in [2.24, 2.45) is 5.41 Å². The molecule has 1 aromatic carbocycles. The SMILES string of the molecule is CC1(CNc2ccc(C#N)cc2Cl)CC1. The predicted molar refractivity (Wildman–Crippen MR) is 62.0 cm³/mol. The smallest absolute Gasteiger partial charge is 0.0992 e. The van der Waals surface area contributed by atoms with Gasteiger partial charge >= 0.3 is 0 Å². The highest BCUT2D eigenvalue weighted by Gasteiger charge is 2.36. The van der Waals surface area contributed by atoms with Gasteiger partial charge in [0.05, 0.1) is 22.3 Å². The molecule has 15 heavy (non-hydrogen) atoms. The quantitative estimate of drug-likeness (QED) is 0.847. The third kappa shape index (κ3) is 2.43. The molecular weight excluding hydrogens is 208 g/mol. The molecule has 1 aliphatic carbocycles. The standard InChI is InChI=1S/C12H13ClN2/c1-12(4-5-12)8-15-11-3-2-9(7-14)6-10(11)13/h2-3,6,15H,4-5,8H2,1H3. The molecule has 1 saturated carbocycles. The Morgan fingerprint density at radius 3 is 2.80 bits per heavy atom. The lowest BCUT2D eigenvalue weighted by atomic mass is 10.1. The monoisotopic (exact) mass is 220 g/mol. The summed E-state index contributed by atoms with van der Waals surface area (Å²) in [5.41, 5.74) is 1.98. The normalized spacial score (nSPS) is 16.9. The van der Waals surface area contributed by atoms with E-state index in [1.165, 1.54) is 12.8 Å². The Morgan fingerprint density at radius 1 is 1.53 bits per heavy atom. The highest BCUT2D eigenvalue weighted by atomic mass is 35.5. The van der Waals surface area contributed by atoms with Gasteiger partial charge in [0, 0.05) is 6.54 Å². The topological polar surface area (TPSA) is 35.8 Å². The molecule has 0 saturated heterocycles. The minimum absolute atomic E-state index is 0.456. The van der Waals surface area contributed by atoms with Crippen molar-refractivity contribution < 1.29 is 0 Å². The van der Waals surface area contributed by atoms with Crippen LogP contribution in [0.5, 0.6) is 0 Å². The van der Waals surface area contributed by atoms with Crippen LogP contribution < -0.4 is 5.32 Å². The molecule has 0 aromatic heterocycles. The van der Waals surface area contributed by atoms with Crippen molar-refractivity contribution >= 4 is 17.3 Å². The molecule has 0 bridgehead atoms. The van der Waals surface area contributed by atoms with Crippen LogP contribution >= 0.6 is 11.6 Å².